The minimum absolute atomic E-state index is 0.186. The highest BCUT2D eigenvalue weighted by Gasteiger charge is 2.07. The van der Waals surface area contributed by atoms with Crippen LogP contribution in [0.5, 0.6) is 0 Å². The molecule has 0 aliphatic carbocycles. The smallest absolute Gasteiger partial charge is 0.271 e. The molecule has 5 heteroatoms. The van der Waals surface area contributed by atoms with Crippen molar-refractivity contribution in [2.45, 2.75) is 33.1 Å². The first-order valence-electron chi connectivity index (χ1n) is 8.40. The van der Waals surface area contributed by atoms with Crippen LogP contribution in [0.2, 0.25) is 0 Å². The van der Waals surface area contributed by atoms with Gasteiger partial charge in [-0.3, -0.25) is 9.59 Å². The van der Waals surface area contributed by atoms with E-state index in [9.17, 15) is 9.59 Å². The van der Waals surface area contributed by atoms with Gasteiger partial charge < -0.3 is 5.32 Å². The second-order valence-corrected chi connectivity index (χ2v) is 5.79. The standard InChI is InChI=1S/C20H23N3O2/c1-3-4-8-15(2)22-23-20(25)17-11-13-18(14-12-17)21-19(24)16-9-6-5-7-10-16/h5-7,9-14H,3-4,8H2,1-2H3,(H,21,24)(H,23,25). The third-order valence-corrected chi connectivity index (χ3v) is 3.68. The van der Waals surface area contributed by atoms with Crippen molar-refractivity contribution in [3.05, 3.63) is 65.7 Å². The van der Waals surface area contributed by atoms with Gasteiger partial charge in [-0.15, -0.1) is 0 Å². The maximum absolute atomic E-state index is 12.1. The van der Waals surface area contributed by atoms with E-state index in [0.29, 0.717) is 16.8 Å². The fraction of sp³-hybridized carbons (Fsp3) is 0.250. The lowest BCUT2D eigenvalue weighted by Crippen LogP contribution is -2.19. The molecule has 0 fully saturated rings. The molecule has 0 heterocycles. The number of benzene rings is 2. The fourth-order valence-corrected chi connectivity index (χ4v) is 2.20. The molecule has 130 valence electrons. The van der Waals surface area contributed by atoms with Crippen LogP contribution in [-0.4, -0.2) is 17.5 Å². The summed E-state index contributed by atoms with van der Waals surface area (Å²) in [5, 5.41) is 6.90. The molecular weight excluding hydrogens is 314 g/mol. The summed E-state index contributed by atoms with van der Waals surface area (Å²) >= 11 is 0. The summed E-state index contributed by atoms with van der Waals surface area (Å²) < 4.78 is 0. The number of rotatable bonds is 7. The van der Waals surface area contributed by atoms with Gasteiger partial charge in [0, 0.05) is 22.5 Å². The molecule has 0 spiro atoms. The summed E-state index contributed by atoms with van der Waals surface area (Å²) in [6.07, 6.45) is 3.03. The number of anilines is 1. The Morgan fingerprint density at radius 2 is 1.56 bits per heavy atom. The molecule has 0 saturated heterocycles. The van der Waals surface area contributed by atoms with E-state index in [-0.39, 0.29) is 11.8 Å². The lowest BCUT2D eigenvalue weighted by atomic mass is 10.1. The van der Waals surface area contributed by atoms with Gasteiger partial charge in [0.25, 0.3) is 11.8 Å². The zero-order valence-corrected chi connectivity index (χ0v) is 14.6. The number of amides is 2. The van der Waals surface area contributed by atoms with E-state index in [1.807, 2.05) is 25.1 Å². The zero-order chi connectivity index (χ0) is 18.1. The van der Waals surface area contributed by atoms with E-state index >= 15 is 0 Å². The summed E-state index contributed by atoms with van der Waals surface area (Å²) in [7, 11) is 0. The summed E-state index contributed by atoms with van der Waals surface area (Å²) in [6.45, 7) is 4.02. The molecular formula is C20H23N3O2. The molecule has 0 bridgehead atoms. The zero-order valence-electron chi connectivity index (χ0n) is 14.6. The van der Waals surface area contributed by atoms with E-state index in [1.165, 1.54) is 0 Å². The number of carbonyl (C=O) groups excluding carboxylic acids is 2. The maximum atomic E-state index is 12.1. The molecule has 2 amide bonds. The Morgan fingerprint density at radius 3 is 2.20 bits per heavy atom. The predicted octanol–water partition coefficient (Wildman–Crippen LogP) is 4.23. The van der Waals surface area contributed by atoms with Crippen LogP contribution in [0.15, 0.2) is 59.7 Å². The van der Waals surface area contributed by atoms with Crippen LogP contribution in [0.4, 0.5) is 5.69 Å². The van der Waals surface area contributed by atoms with Crippen LogP contribution < -0.4 is 10.7 Å². The highest BCUT2D eigenvalue weighted by Crippen LogP contribution is 2.11. The van der Waals surface area contributed by atoms with Gasteiger partial charge in [-0.2, -0.15) is 5.10 Å². The van der Waals surface area contributed by atoms with Crippen molar-refractivity contribution in [1.29, 1.82) is 0 Å². The molecule has 0 radical (unpaired) electrons. The number of unbranched alkanes of at least 4 members (excludes halogenated alkanes) is 1. The second kappa shape index (κ2) is 9.37. The average Bonchev–Trinajstić information content (AvgIpc) is 2.65. The molecule has 25 heavy (non-hydrogen) atoms. The molecule has 0 aliphatic rings. The average molecular weight is 337 g/mol. The Labute approximate surface area is 148 Å². The fourth-order valence-electron chi connectivity index (χ4n) is 2.20. The van der Waals surface area contributed by atoms with Crippen molar-refractivity contribution >= 4 is 23.2 Å². The number of hydrogen-bond donors (Lipinski definition) is 2. The molecule has 0 saturated carbocycles. The number of nitrogens with zero attached hydrogens (tertiary/aromatic N) is 1. The Balaban J connectivity index is 1.93. The lowest BCUT2D eigenvalue weighted by Gasteiger charge is -2.06. The molecule has 5 nitrogen and oxygen atoms in total. The number of hydrazone groups is 1. The summed E-state index contributed by atoms with van der Waals surface area (Å²) in [4.78, 5) is 24.2. The van der Waals surface area contributed by atoms with Crippen LogP contribution in [-0.2, 0) is 0 Å². The lowest BCUT2D eigenvalue weighted by molar-refractivity contribution is 0.0954. The van der Waals surface area contributed by atoms with Crippen LogP contribution in [0.25, 0.3) is 0 Å². The molecule has 2 aromatic carbocycles. The third-order valence-electron chi connectivity index (χ3n) is 3.68. The van der Waals surface area contributed by atoms with Crippen molar-refractivity contribution in [2.75, 3.05) is 5.32 Å². The van der Waals surface area contributed by atoms with Gasteiger partial charge in [-0.1, -0.05) is 31.5 Å². The Kier molecular flexibility index (Phi) is 6.89. The SMILES string of the molecule is CCCCC(C)=NNC(=O)c1ccc(NC(=O)c2ccccc2)cc1. The van der Waals surface area contributed by atoms with Crippen molar-refractivity contribution in [3.8, 4) is 0 Å². The van der Waals surface area contributed by atoms with E-state index in [0.717, 1.165) is 25.0 Å². The van der Waals surface area contributed by atoms with Crippen molar-refractivity contribution in [2.24, 2.45) is 5.10 Å². The molecule has 0 aliphatic heterocycles. The Hall–Kier alpha value is -2.95. The van der Waals surface area contributed by atoms with E-state index in [2.05, 4.69) is 22.8 Å². The summed E-state index contributed by atoms with van der Waals surface area (Å²) in [6, 6.07) is 15.7. The highest BCUT2D eigenvalue weighted by molar-refractivity contribution is 6.04. The van der Waals surface area contributed by atoms with Crippen LogP contribution in [0.1, 0.15) is 53.8 Å². The topological polar surface area (TPSA) is 70.6 Å². The summed E-state index contributed by atoms with van der Waals surface area (Å²) in [5.41, 5.74) is 5.17. The van der Waals surface area contributed by atoms with Gasteiger partial charge in [0.2, 0.25) is 0 Å². The Bertz CT molecular complexity index is 737. The second-order valence-electron chi connectivity index (χ2n) is 5.79. The van der Waals surface area contributed by atoms with Crippen molar-refractivity contribution in [1.82, 2.24) is 5.43 Å². The number of nitrogens with one attached hydrogen (secondary N) is 2. The molecule has 2 aromatic rings. The maximum Gasteiger partial charge on any atom is 0.271 e. The Morgan fingerprint density at radius 1 is 0.920 bits per heavy atom. The largest absolute Gasteiger partial charge is 0.322 e. The number of hydrogen-bond acceptors (Lipinski definition) is 3. The van der Waals surface area contributed by atoms with Crippen molar-refractivity contribution in [3.63, 3.8) is 0 Å². The minimum Gasteiger partial charge on any atom is -0.322 e. The molecule has 2 rings (SSSR count). The van der Waals surface area contributed by atoms with Crippen LogP contribution in [0, 0.1) is 0 Å². The van der Waals surface area contributed by atoms with Crippen LogP contribution >= 0.6 is 0 Å². The normalized spacial score (nSPS) is 11.0. The molecule has 0 unspecified atom stereocenters. The predicted molar refractivity (Wildman–Crippen MR) is 101 cm³/mol. The van der Waals surface area contributed by atoms with Gasteiger partial charge >= 0.3 is 0 Å². The third kappa shape index (κ3) is 5.88. The van der Waals surface area contributed by atoms with E-state index in [4.69, 9.17) is 0 Å². The van der Waals surface area contributed by atoms with Gasteiger partial charge in [0.05, 0.1) is 0 Å². The summed E-state index contributed by atoms with van der Waals surface area (Å²) in [5.74, 6) is -0.453. The highest BCUT2D eigenvalue weighted by atomic mass is 16.2. The minimum atomic E-state index is -0.267. The molecule has 0 atom stereocenters. The van der Waals surface area contributed by atoms with Gasteiger partial charge in [0.15, 0.2) is 0 Å². The molecule has 2 N–H and O–H groups in total. The van der Waals surface area contributed by atoms with E-state index in [1.54, 1.807) is 36.4 Å². The monoisotopic (exact) mass is 337 g/mol. The van der Waals surface area contributed by atoms with Crippen molar-refractivity contribution < 1.29 is 9.59 Å². The first-order chi connectivity index (χ1) is 12.1. The molecule has 0 aromatic heterocycles. The van der Waals surface area contributed by atoms with E-state index < -0.39 is 0 Å². The number of carbonyl (C=O) groups is 2. The van der Waals surface area contributed by atoms with Gasteiger partial charge in [-0.25, -0.2) is 5.43 Å². The van der Waals surface area contributed by atoms with Gasteiger partial charge in [-0.05, 0) is 56.2 Å². The van der Waals surface area contributed by atoms with Gasteiger partial charge in [0.1, 0.15) is 0 Å². The quantitative estimate of drug-likeness (QED) is 0.586. The first kappa shape index (κ1) is 18.4. The first-order valence-corrected chi connectivity index (χ1v) is 8.40. The van der Waals surface area contributed by atoms with Crippen LogP contribution in [0.3, 0.4) is 0 Å².